The van der Waals surface area contributed by atoms with Crippen molar-refractivity contribution in [1.82, 2.24) is 10.2 Å². The topological polar surface area (TPSA) is 76.1 Å². The number of fused-ring (bicyclic) bond motifs is 1. The van der Waals surface area contributed by atoms with Gasteiger partial charge < -0.3 is 10.1 Å². The number of anilines is 2. The Balaban J connectivity index is 1.35. The molecule has 4 aromatic rings. The number of unbranched alkanes of at least 4 members (excludes halogenated alkanes) is 1. The lowest BCUT2D eigenvalue weighted by atomic mass is 10.0. The number of rotatable bonds is 10. The van der Waals surface area contributed by atoms with Crippen LogP contribution in [-0.2, 0) is 6.42 Å². The van der Waals surface area contributed by atoms with E-state index in [1.54, 1.807) is 0 Å². The van der Waals surface area contributed by atoms with E-state index >= 15 is 0 Å². The van der Waals surface area contributed by atoms with Crippen LogP contribution >= 0.6 is 11.3 Å². The average molecular weight is 447 g/mol. The predicted octanol–water partition coefficient (Wildman–Crippen LogP) is 5.78. The molecule has 7 heteroatoms. The van der Waals surface area contributed by atoms with Gasteiger partial charge in [0.1, 0.15) is 5.75 Å². The molecule has 0 aliphatic rings. The molecule has 1 heterocycles. The summed E-state index contributed by atoms with van der Waals surface area (Å²) in [5, 5.41) is 17.4. The highest BCUT2D eigenvalue weighted by Gasteiger charge is 2.18. The molecule has 164 valence electrons. The summed E-state index contributed by atoms with van der Waals surface area (Å²) in [4.78, 5) is 13.1. The van der Waals surface area contributed by atoms with Crippen molar-refractivity contribution in [3.8, 4) is 5.75 Å². The van der Waals surface area contributed by atoms with E-state index in [2.05, 4.69) is 45.1 Å². The number of aryl methyl sites for hydroxylation is 1. The third kappa shape index (κ3) is 5.42. The van der Waals surface area contributed by atoms with Gasteiger partial charge >= 0.3 is 0 Å². The van der Waals surface area contributed by atoms with E-state index in [1.807, 2.05) is 49.4 Å². The molecule has 1 aromatic heterocycles. The first kappa shape index (κ1) is 21.8. The van der Waals surface area contributed by atoms with Gasteiger partial charge in [-0.15, -0.1) is 10.2 Å². The SMILES string of the molecule is CCOc1ccc2ccccc2c1C(=O)Nc1nnc(NCCCCc2ccccc2)s1. The first-order valence-electron chi connectivity index (χ1n) is 10.8. The Morgan fingerprint density at radius 3 is 2.56 bits per heavy atom. The van der Waals surface area contributed by atoms with Gasteiger partial charge in [-0.2, -0.15) is 0 Å². The highest BCUT2D eigenvalue weighted by molar-refractivity contribution is 7.19. The van der Waals surface area contributed by atoms with Gasteiger partial charge in [0.15, 0.2) is 0 Å². The van der Waals surface area contributed by atoms with Crippen molar-refractivity contribution in [2.75, 3.05) is 23.8 Å². The third-order valence-electron chi connectivity index (χ3n) is 5.07. The lowest BCUT2D eigenvalue weighted by Gasteiger charge is -2.12. The zero-order valence-corrected chi connectivity index (χ0v) is 18.8. The van der Waals surface area contributed by atoms with Gasteiger partial charge in [-0.3, -0.25) is 10.1 Å². The van der Waals surface area contributed by atoms with Gasteiger partial charge in [0.25, 0.3) is 5.91 Å². The Kier molecular flexibility index (Phi) is 7.30. The predicted molar refractivity (Wildman–Crippen MR) is 131 cm³/mol. The molecular formula is C25H26N4O2S. The summed E-state index contributed by atoms with van der Waals surface area (Å²) in [7, 11) is 0. The van der Waals surface area contributed by atoms with Crippen LogP contribution in [0.4, 0.5) is 10.3 Å². The molecule has 0 saturated carbocycles. The quantitative estimate of drug-likeness (QED) is 0.302. The maximum absolute atomic E-state index is 13.1. The Morgan fingerprint density at radius 2 is 1.72 bits per heavy atom. The summed E-state index contributed by atoms with van der Waals surface area (Å²) in [5.41, 5.74) is 1.86. The Hall–Kier alpha value is -3.45. The van der Waals surface area contributed by atoms with Crippen molar-refractivity contribution < 1.29 is 9.53 Å². The molecular weight excluding hydrogens is 420 g/mol. The second-order valence-electron chi connectivity index (χ2n) is 7.33. The molecule has 0 unspecified atom stereocenters. The molecule has 32 heavy (non-hydrogen) atoms. The summed E-state index contributed by atoms with van der Waals surface area (Å²) in [6.07, 6.45) is 3.19. The van der Waals surface area contributed by atoms with Crippen LogP contribution in [0.15, 0.2) is 66.7 Å². The van der Waals surface area contributed by atoms with Crippen LogP contribution in [0.2, 0.25) is 0 Å². The zero-order chi connectivity index (χ0) is 22.2. The smallest absolute Gasteiger partial charge is 0.261 e. The molecule has 0 saturated heterocycles. The van der Waals surface area contributed by atoms with E-state index in [1.165, 1.54) is 16.9 Å². The van der Waals surface area contributed by atoms with E-state index in [0.29, 0.717) is 28.2 Å². The van der Waals surface area contributed by atoms with Crippen molar-refractivity contribution in [3.05, 3.63) is 77.9 Å². The molecule has 0 atom stereocenters. The van der Waals surface area contributed by atoms with Crippen molar-refractivity contribution in [2.45, 2.75) is 26.2 Å². The summed E-state index contributed by atoms with van der Waals surface area (Å²) < 4.78 is 5.71. The van der Waals surface area contributed by atoms with Gasteiger partial charge in [0.2, 0.25) is 10.3 Å². The maximum Gasteiger partial charge on any atom is 0.261 e. The molecule has 2 N–H and O–H groups in total. The number of hydrogen-bond donors (Lipinski definition) is 2. The molecule has 0 aliphatic heterocycles. The first-order chi connectivity index (χ1) is 15.7. The summed E-state index contributed by atoms with van der Waals surface area (Å²) >= 11 is 1.33. The Bertz CT molecular complexity index is 1180. The third-order valence-corrected chi connectivity index (χ3v) is 5.87. The monoisotopic (exact) mass is 446 g/mol. The van der Waals surface area contributed by atoms with Crippen LogP contribution in [0.3, 0.4) is 0 Å². The van der Waals surface area contributed by atoms with E-state index in [0.717, 1.165) is 36.6 Å². The van der Waals surface area contributed by atoms with Crippen LogP contribution < -0.4 is 15.4 Å². The molecule has 3 aromatic carbocycles. The normalized spacial score (nSPS) is 10.8. The minimum Gasteiger partial charge on any atom is -0.493 e. The van der Waals surface area contributed by atoms with E-state index in [-0.39, 0.29) is 5.91 Å². The van der Waals surface area contributed by atoms with Crippen LogP contribution in [0.5, 0.6) is 5.75 Å². The fourth-order valence-corrected chi connectivity index (χ4v) is 4.22. The molecule has 0 aliphatic carbocycles. The van der Waals surface area contributed by atoms with Crippen molar-refractivity contribution in [3.63, 3.8) is 0 Å². The number of nitrogens with zero attached hydrogens (tertiary/aromatic N) is 2. The van der Waals surface area contributed by atoms with E-state index in [4.69, 9.17) is 4.74 Å². The Labute approximate surface area is 191 Å². The highest BCUT2D eigenvalue weighted by atomic mass is 32.1. The molecule has 0 radical (unpaired) electrons. The average Bonchev–Trinajstić information content (AvgIpc) is 3.26. The molecule has 1 amide bonds. The molecule has 0 bridgehead atoms. The van der Waals surface area contributed by atoms with Gasteiger partial charge in [-0.05, 0) is 48.6 Å². The second kappa shape index (κ2) is 10.7. The van der Waals surface area contributed by atoms with Crippen LogP contribution in [0.1, 0.15) is 35.7 Å². The zero-order valence-electron chi connectivity index (χ0n) is 18.0. The van der Waals surface area contributed by atoms with Crippen LogP contribution in [0, 0.1) is 0 Å². The lowest BCUT2D eigenvalue weighted by Crippen LogP contribution is -2.14. The highest BCUT2D eigenvalue weighted by Crippen LogP contribution is 2.30. The number of hydrogen-bond acceptors (Lipinski definition) is 6. The van der Waals surface area contributed by atoms with Crippen molar-refractivity contribution in [1.29, 1.82) is 0 Å². The molecule has 0 fully saturated rings. The molecule has 6 nitrogen and oxygen atoms in total. The van der Waals surface area contributed by atoms with Gasteiger partial charge in [-0.1, -0.05) is 72.0 Å². The summed E-state index contributed by atoms with van der Waals surface area (Å²) in [6.45, 7) is 3.20. The molecule has 4 rings (SSSR count). The van der Waals surface area contributed by atoms with Crippen molar-refractivity contribution >= 4 is 38.3 Å². The fraction of sp³-hybridized carbons (Fsp3) is 0.240. The minimum atomic E-state index is -0.254. The number of amides is 1. The number of carbonyl (C=O) groups is 1. The summed E-state index contributed by atoms with van der Waals surface area (Å²) in [5.74, 6) is 0.306. The standard InChI is InChI=1S/C25H26N4O2S/c1-2-31-21-16-15-19-13-6-7-14-20(19)22(21)23(30)27-25-29-28-24(32-25)26-17-9-8-12-18-10-4-3-5-11-18/h3-7,10-11,13-16H,2,8-9,12,17H2,1H3,(H,26,28)(H,27,29,30). The first-order valence-corrected chi connectivity index (χ1v) is 11.6. The van der Waals surface area contributed by atoms with E-state index < -0.39 is 0 Å². The summed E-state index contributed by atoms with van der Waals surface area (Å²) in [6, 6.07) is 22.1. The maximum atomic E-state index is 13.1. The lowest BCUT2D eigenvalue weighted by molar-refractivity contribution is 0.102. The minimum absolute atomic E-state index is 0.254. The van der Waals surface area contributed by atoms with Gasteiger partial charge in [-0.25, -0.2) is 0 Å². The van der Waals surface area contributed by atoms with Gasteiger partial charge in [0, 0.05) is 6.54 Å². The number of ether oxygens (including phenoxy) is 1. The number of benzene rings is 3. The number of carbonyl (C=O) groups excluding carboxylic acids is 1. The number of aromatic nitrogens is 2. The Morgan fingerprint density at radius 1 is 0.938 bits per heavy atom. The largest absolute Gasteiger partial charge is 0.493 e. The second-order valence-corrected chi connectivity index (χ2v) is 8.31. The molecule has 0 spiro atoms. The fourth-order valence-electron chi connectivity index (χ4n) is 3.56. The van der Waals surface area contributed by atoms with Crippen molar-refractivity contribution in [2.24, 2.45) is 0 Å². The number of nitrogens with one attached hydrogen (secondary N) is 2. The van der Waals surface area contributed by atoms with E-state index in [9.17, 15) is 4.79 Å². The van der Waals surface area contributed by atoms with Crippen LogP contribution in [-0.4, -0.2) is 29.3 Å². The van der Waals surface area contributed by atoms with Crippen LogP contribution in [0.25, 0.3) is 10.8 Å². The van der Waals surface area contributed by atoms with Gasteiger partial charge in [0.05, 0.1) is 12.2 Å².